The van der Waals surface area contributed by atoms with E-state index >= 15 is 0 Å². The summed E-state index contributed by atoms with van der Waals surface area (Å²) in [7, 11) is 0. The molecule has 2 aromatic carbocycles. The van der Waals surface area contributed by atoms with Gasteiger partial charge in [-0.25, -0.2) is 9.18 Å². The van der Waals surface area contributed by atoms with Crippen LogP contribution < -0.4 is 5.32 Å². The van der Waals surface area contributed by atoms with Gasteiger partial charge < -0.3 is 15.4 Å². The van der Waals surface area contributed by atoms with E-state index < -0.39 is 17.7 Å². The van der Waals surface area contributed by atoms with Gasteiger partial charge in [-0.1, -0.05) is 35.3 Å². The Morgan fingerprint density at radius 2 is 1.92 bits per heavy atom. The van der Waals surface area contributed by atoms with E-state index in [4.69, 9.17) is 23.2 Å². The first-order chi connectivity index (χ1) is 11.9. The molecule has 0 aliphatic carbocycles. The van der Waals surface area contributed by atoms with Gasteiger partial charge >= 0.3 is 5.97 Å². The second-order valence-corrected chi connectivity index (χ2v) is 6.11. The molecule has 128 valence electrons. The van der Waals surface area contributed by atoms with Gasteiger partial charge in [-0.3, -0.25) is 4.79 Å². The number of H-pyrrole nitrogens is 1. The molecule has 0 aliphatic rings. The molecule has 3 aromatic rings. The molecule has 8 heteroatoms. The maximum atomic E-state index is 13.2. The van der Waals surface area contributed by atoms with Crippen LogP contribution in [0.25, 0.3) is 10.9 Å². The van der Waals surface area contributed by atoms with Gasteiger partial charge in [0.05, 0.1) is 22.0 Å². The molecule has 1 aromatic heterocycles. The van der Waals surface area contributed by atoms with E-state index in [-0.39, 0.29) is 17.1 Å². The number of benzene rings is 2. The van der Waals surface area contributed by atoms with Gasteiger partial charge in [0.15, 0.2) is 0 Å². The highest BCUT2D eigenvalue weighted by Crippen LogP contribution is 2.29. The lowest BCUT2D eigenvalue weighted by Crippen LogP contribution is -2.16. The molecular weight excluding hydrogens is 370 g/mol. The smallest absolute Gasteiger partial charge is 0.352 e. The first-order valence-corrected chi connectivity index (χ1v) is 7.89. The number of nitrogens with one attached hydrogen (secondary N) is 2. The van der Waals surface area contributed by atoms with Crippen LogP contribution in [0, 0.1) is 5.82 Å². The molecule has 0 aliphatic heterocycles. The number of aromatic nitrogens is 1. The summed E-state index contributed by atoms with van der Waals surface area (Å²) in [6.45, 7) is 0. The van der Waals surface area contributed by atoms with E-state index in [2.05, 4.69) is 10.3 Å². The molecule has 0 saturated carbocycles. The highest BCUT2D eigenvalue weighted by molar-refractivity contribution is 6.35. The van der Waals surface area contributed by atoms with Gasteiger partial charge in [0.1, 0.15) is 11.5 Å². The molecule has 0 spiro atoms. The lowest BCUT2D eigenvalue weighted by Gasteiger charge is -2.06. The molecule has 3 rings (SSSR count). The third-order valence-corrected chi connectivity index (χ3v) is 4.25. The number of amides is 1. The Morgan fingerprint density at radius 1 is 1.16 bits per heavy atom. The Hall–Kier alpha value is -2.57. The molecule has 1 heterocycles. The van der Waals surface area contributed by atoms with Crippen molar-refractivity contribution in [1.29, 1.82) is 0 Å². The Labute approximate surface area is 151 Å². The van der Waals surface area contributed by atoms with Crippen LogP contribution in [-0.4, -0.2) is 22.0 Å². The third-order valence-electron chi connectivity index (χ3n) is 3.65. The lowest BCUT2D eigenvalue weighted by molar-refractivity contribution is -0.115. The number of hydrogen-bond donors (Lipinski definition) is 3. The first-order valence-electron chi connectivity index (χ1n) is 7.14. The topological polar surface area (TPSA) is 82.2 Å². The number of halogens is 3. The van der Waals surface area contributed by atoms with Crippen molar-refractivity contribution in [2.45, 2.75) is 6.42 Å². The van der Waals surface area contributed by atoms with E-state index in [0.29, 0.717) is 27.2 Å². The Balaban J connectivity index is 1.92. The van der Waals surface area contributed by atoms with Crippen molar-refractivity contribution in [3.63, 3.8) is 0 Å². The SMILES string of the molecule is O=C(Cc1c(C(=O)O)[nH]c2c(Cl)cccc12)Nc1ccc(F)c(Cl)c1. The van der Waals surface area contributed by atoms with Gasteiger partial charge in [0, 0.05) is 16.6 Å². The molecule has 0 bridgehead atoms. The molecule has 5 nitrogen and oxygen atoms in total. The average molecular weight is 381 g/mol. The van der Waals surface area contributed by atoms with E-state index in [1.165, 1.54) is 12.1 Å². The van der Waals surface area contributed by atoms with Crippen LogP contribution in [-0.2, 0) is 11.2 Å². The number of carbonyl (C=O) groups excluding carboxylic acids is 1. The normalized spacial score (nSPS) is 10.8. The molecule has 0 fully saturated rings. The predicted molar refractivity (Wildman–Crippen MR) is 94.0 cm³/mol. The van der Waals surface area contributed by atoms with E-state index in [0.717, 1.165) is 6.07 Å². The van der Waals surface area contributed by atoms with Gasteiger partial charge in [-0.15, -0.1) is 0 Å². The quantitative estimate of drug-likeness (QED) is 0.623. The minimum atomic E-state index is -1.19. The largest absolute Gasteiger partial charge is 0.477 e. The van der Waals surface area contributed by atoms with Crippen LogP contribution in [0.4, 0.5) is 10.1 Å². The molecule has 25 heavy (non-hydrogen) atoms. The fraction of sp³-hybridized carbons (Fsp3) is 0.0588. The van der Waals surface area contributed by atoms with Crippen molar-refractivity contribution in [3.05, 3.63) is 63.5 Å². The predicted octanol–water partition coefficient (Wildman–Crippen LogP) is 4.49. The summed E-state index contributed by atoms with van der Waals surface area (Å²) in [6.07, 6.45) is -0.197. The Bertz CT molecular complexity index is 1000. The van der Waals surface area contributed by atoms with Crippen molar-refractivity contribution >= 4 is 51.7 Å². The van der Waals surface area contributed by atoms with Gasteiger partial charge in [-0.05, 0) is 24.3 Å². The summed E-state index contributed by atoms with van der Waals surface area (Å²) in [5.74, 6) is -2.26. The maximum Gasteiger partial charge on any atom is 0.352 e. The summed E-state index contributed by atoms with van der Waals surface area (Å²) in [4.78, 5) is 26.5. The summed E-state index contributed by atoms with van der Waals surface area (Å²) in [5, 5.41) is 12.7. The number of carboxylic acids is 1. The van der Waals surface area contributed by atoms with Crippen LogP contribution in [0.1, 0.15) is 16.1 Å². The summed E-state index contributed by atoms with van der Waals surface area (Å²) in [5.41, 5.74) is 0.978. The standard InChI is InChI=1S/C17H11Cl2FN2O3/c18-11-3-1-2-9-10(16(17(24)25)22-15(9)11)7-14(23)21-8-4-5-13(20)12(19)6-8/h1-6,22H,7H2,(H,21,23)(H,24,25). The molecule has 0 unspecified atom stereocenters. The van der Waals surface area contributed by atoms with Crippen LogP contribution in [0.15, 0.2) is 36.4 Å². The molecule has 3 N–H and O–H groups in total. The highest BCUT2D eigenvalue weighted by atomic mass is 35.5. The third kappa shape index (κ3) is 3.45. The summed E-state index contributed by atoms with van der Waals surface area (Å²) in [6, 6.07) is 8.75. The Kier molecular flexibility index (Phi) is 4.65. The van der Waals surface area contributed by atoms with Gasteiger partial charge in [0.25, 0.3) is 0 Å². The molecule has 0 atom stereocenters. The number of hydrogen-bond acceptors (Lipinski definition) is 2. The van der Waals surface area contributed by atoms with E-state index in [1.807, 2.05) is 0 Å². The summed E-state index contributed by atoms with van der Waals surface area (Å²) >= 11 is 11.7. The van der Waals surface area contributed by atoms with Crippen LogP contribution in [0.3, 0.4) is 0 Å². The van der Waals surface area contributed by atoms with Crippen molar-refractivity contribution in [1.82, 2.24) is 4.98 Å². The van der Waals surface area contributed by atoms with Crippen molar-refractivity contribution in [2.24, 2.45) is 0 Å². The number of carbonyl (C=O) groups is 2. The zero-order chi connectivity index (χ0) is 18.1. The van der Waals surface area contributed by atoms with Crippen LogP contribution >= 0.6 is 23.2 Å². The fourth-order valence-electron chi connectivity index (χ4n) is 2.54. The minimum absolute atomic E-state index is 0.101. The first kappa shape index (κ1) is 17.3. The molecule has 1 amide bonds. The molecular formula is C17H11Cl2FN2O3. The van der Waals surface area contributed by atoms with Gasteiger partial charge in [-0.2, -0.15) is 0 Å². The van der Waals surface area contributed by atoms with Crippen LogP contribution in [0.5, 0.6) is 0 Å². The van der Waals surface area contributed by atoms with Crippen molar-refractivity contribution in [3.8, 4) is 0 Å². The monoisotopic (exact) mass is 380 g/mol. The second kappa shape index (κ2) is 6.74. The fourth-order valence-corrected chi connectivity index (χ4v) is 2.95. The highest BCUT2D eigenvalue weighted by Gasteiger charge is 2.20. The minimum Gasteiger partial charge on any atom is -0.477 e. The van der Waals surface area contributed by atoms with E-state index in [9.17, 15) is 19.1 Å². The zero-order valence-corrected chi connectivity index (χ0v) is 14.1. The summed E-state index contributed by atoms with van der Waals surface area (Å²) < 4.78 is 13.2. The Morgan fingerprint density at radius 3 is 2.60 bits per heavy atom. The number of fused-ring (bicyclic) bond motifs is 1. The number of aromatic carboxylic acids is 1. The number of para-hydroxylation sites is 1. The van der Waals surface area contributed by atoms with Crippen molar-refractivity contribution in [2.75, 3.05) is 5.32 Å². The zero-order valence-electron chi connectivity index (χ0n) is 12.6. The number of rotatable bonds is 4. The number of carboxylic acid groups (broad SMARTS) is 1. The average Bonchev–Trinajstić information content (AvgIpc) is 2.91. The maximum absolute atomic E-state index is 13.2. The van der Waals surface area contributed by atoms with E-state index in [1.54, 1.807) is 18.2 Å². The van der Waals surface area contributed by atoms with Crippen LogP contribution in [0.2, 0.25) is 10.0 Å². The molecule has 0 radical (unpaired) electrons. The lowest BCUT2D eigenvalue weighted by atomic mass is 10.1. The number of aromatic amines is 1. The second-order valence-electron chi connectivity index (χ2n) is 5.30. The molecule has 0 saturated heterocycles. The number of anilines is 1. The van der Waals surface area contributed by atoms with Crippen molar-refractivity contribution < 1.29 is 19.1 Å². The van der Waals surface area contributed by atoms with Gasteiger partial charge in [0.2, 0.25) is 5.91 Å².